The minimum atomic E-state index is -0.298. The zero-order chi connectivity index (χ0) is 10.7. The van der Waals surface area contributed by atoms with E-state index in [9.17, 15) is 9.90 Å². The van der Waals surface area contributed by atoms with Crippen molar-refractivity contribution in [1.82, 2.24) is 0 Å². The second kappa shape index (κ2) is 4.30. The fraction of sp³-hybridized carbons (Fsp3) is 0.222. The number of methoxy groups -OCH3 is 1. The van der Waals surface area contributed by atoms with E-state index in [0.29, 0.717) is 0 Å². The molecule has 4 nitrogen and oxygen atoms in total. The lowest BCUT2D eigenvalue weighted by Gasteiger charge is -2.07. The lowest BCUT2D eigenvalue weighted by atomic mass is 10.1. The monoisotopic (exact) mass is 215 g/mol. The number of carbonyl (C=O) groups is 1. The van der Waals surface area contributed by atoms with E-state index in [4.69, 9.17) is 22.1 Å². The van der Waals surface area contributed by atoms with Crippen LogP contribution < -0.4 is 10.5 Å². The van der Waals surface area contributed by atoms with E-state index < -0.39 is 0 Å². The SMILES string of the molecule is COc1cc(C(=O)CN)c(Cl)cc1O. The molecular weight excluding hydrogens is 206 g/mol. The maximum atomic E-state index is 11.3. The Hall–Kier alpha value is -1.26. The fourth-order valence-electron chi connectivity index (χ4n) is 1.03. The fourth-order valence-corrected chi connectivity index (χ4v) is 1.29. The highest BCUT2D eigenvalue weighted by Crippen LogP contribution is 2.32. The van der Waals surface area contributed by atoms with Gasteiger partial charge in [-0.05, 0) is 6.07 Å². The summed E-state index contributed by atoms with van der Waals surface area (Å²) in [5, 5.41) is 9.48. The van der Waals surface area contributed by atoms with Crippen LogP contribution in [0.1, 0.15) is 10.4 Å². The zero-order valence-corrected chi connectivity index (χ0v) is 8.34. The predicted octanol–water partition coefficient (Wildman–Crippen LogP) is 1.20. The Labute approximate surface area is 86.2 Å². The van der Waals surface area contributed by atoms with Gasteiger partial charge in [-0.2, -0.15) is 0 Å². The van der Waals surface area contributed by atoms with Crippen LogP contribution in [0.4, 0.5) is 0 Å². The lowest BCUT2D eigenvalue weighted by Crippen LogP contribution is -2.14. The number of carbonyl (C=O) groups excluding carboxylic acids is 1. The first-order valence-corrected chi connectivity index (χ1v) is 4.27. The predicted molar refractivity (Wildman–Crippen MR) is 53.1 cm³/mol. The summed E-state index contributed by atoms with van der Waals surface area (Å²) in [7, 11) is 1.39. The van der Waals surface area contributed by atoms with Crippen LogP contribution >= 0.6 is 11.6 Å². The molecule has 0 aromatic heterocycles. The van der Waals surface area contributed by atoms with Crippen LogP contribution in [0.3, 0.4) is 0 Å². The maximum Gasteiger partial charge on any atom is 0.178 e. The number of hydrogen-bond donors (Lipinski definition) is 2. The van der Waals surface area contributed by atoms with E-state index in [1.54, 1.807) is 0 Å². The van der Waals surface area contributed by atoms with Gasteiger partial charge in [0.15, 0.2) is 17.3 Å². The minimum absolute atomic E-state index is 0.105. The first-order chi connectivity index (χ1) is 6.60. The number of halogens is 1. The number of Topliss-reactive ketones (excluding diaryl/α,β-unsaturated/α-hetero) is 1. The number of phenolic OH excluding ortho intramolecular Hbond substituents is 1. The van der Waals surface area contributed by atoms with Crippen LogP contribution in [-0.4, -0.2) is 24.5 Å². The van der Waals surface area contributed by atoms with Gasteiger partial charge in [0.05, 0.1) is 18.7 Å². The largest absolute Gasteiger partial charge is 0.504 e. The van der Waals surface area contributed by atoms with Crippen molar-refractivity contribution in [3.63, 3.8) is 0 Å². The smallest absolute Gasteiger partial charge is 0.178 e. The molecule has 14 heavy (non-hydrogen) atoms. The Kier molecular flexibility index (Phi) is 3.33. The Morgan fingerprint density at radius 2 is 2.29 bits per heavy atom. The highest BCUT2D eigenvalue weighted by molar-refractivity contribution is 6.34. The van der Waals surface area contributed by atoms with E-state index in [2.05, 4.69) is 0 Å². The van der Waals surface area contributed by atoms with Gasteiger partial charge < -0.3 is 15.6 Å². The van der Waals surface area contributed by atoms with Crippen LogP contribution in [0.15, 0.2) is 12.1 Å². The number of nitrogens with two attached hydrogens (primary N) is 1. The van der Waals surface area contributed by atoms with Crippen LogP contribution in [0, 0.1) is 0 Å². The molecule has 0 fully saturated rings. The molecule has 0 bridgehead atoms. The van der Waals surface area contributed by atoms with Crippen LogP contribution in [0.2, 0.25) is 5.02 Å². The summed E-state index contributed by atoms with van der Waals surface area (Å²) in [4.78, 5) is 11.3. The molecule has 0 heterocycles. The van der Waals surface area contributed by atoms with Gasteiger partial charge >= 0.3 is 0 Å². The molecule has 0 unspecified atom stereocenters. The zero-order valence-electron chi connectivity index (χ0n) is 7.58. The van der Waals surface area contributed by atoms with E-state index in [1.807, 2.05) is 0 Å². The number of aromatic hydroxyl groups is 1. The van der Waals surface area contributed by atoms with Gasteiger partial charge in [-0.1, -0.05) is 11.6 Å². The molecule has 0 aliphatic carbocycles. The molecule has 0 saturated heterocycles. The van der Waals surface area contributed by atoms with Crippen molar-refractivity contribution in [3.05, 3.63) is 22.7 Å². The first kappa shape index (κ1) is 10.8. The molecule has 1 rings (SSSR count). The molecule has 0 saturated carbocycles. The third-order valence-corrected chi connectivity index (χ3v) is 2.07. The van der Waals surface area contributed by atoms with Crippen LogP contribution in [-0.2, 0) is 0 Å². The molecule has 3 N–H and O–H groups in total. The van der Waals surface area contributed by atoms with Crippen molar-refractivity contribution in [2.24, 2.45) is 5.73 Å². The van der Waals surface area contributed by atoms with Gasteiger partial charge in [0.2, 0.25) is 0 Å². The van der Waals surface area contributed by atoms with Gasteiger partial charge in [0.1, 0.15) is 0 Å². The highest BCUT2D eigenvalue weighted by Gasteiger charge is 2.13. The van der Waals surface area contributed by atoms with E-state index >= 15 is 0 Å². The maximum absolute atomic E-state index is 11.3. The van der Waals surface area contributed by atoms with Gasteiger partial charge in [-0.3, -0.25) is 4.79 Å². The summed E-state index contributed by atoms with van der Waals surface area (Å²) >= 11 is 5.74. The van der Waals surface area contributed by atoms with Crippen LogP contribution in [0.5, 0.6) is 11.5 Å². The number of ketones is 1. The van der Waals surface area contributed by atoms with E-state index in [-0.39, 0.29) is 34.4 Å². The Bertz CT molecular complexity index is 365. The summed E-state index contributed by atoms with van der Waals surface area (Å²) in [5.74, 6) is -0.203. The molecule has 0 spiro atoms. The first-order valence-electron chi connectivity index (χ1n) is 3.90. The second-order valence-electron chi connectivity index (χ2n) is 2.63. The Balaban J connectivity index is 3.24. The summed E-state index contributed by atoms with van der Waals surface area (Å²) in [6, 6.07) is 2.62. The second-order valence-corrected chi connectivity index (χ2v) is 3.04. The normalized spacial score (nSPS) is 9.93. The lowest BCUT2D eigenvalue weighted by molar-refractivity contribution is 0.100. The standard InChI is InChI=1S/C9H10ClNO3/c1-14-9-2-5(8(13)4-11)6(10)3-7(9)12/h2-3,12H,4,11H2,1H3. The quantitative estimate of drug-likeness (QED) is 0.743. The average Bonchev–Trinajstić information content (AvgIpc) is 2.17. The molecule has 0 atom stereocenters. The van der Waals surface area contributed by atoms with Crippen molar-refractivity contribution in [2.45, 2.75) is 0 Å². The van der Waals surface area contributed by atoms with Gasteiger partial charge in [-0.15, -0.1) is 0 Å². The topological polar surface area (TPSA) is 72.5 Å². The average molecular weight is 216 g/mol. The van der Waals surface area contributed by atoms with E-state index in [1.165, 1.54) is 19.2 Å². The molecule has 5 heteroatoms. The molecular formula is C9H10ClNO3. The summed E-state index contributed by atoms with van der Waals surface area (Å²) < 4.78 is 4.83. The number of rotatable bonds is 3. The Morgan fingerprint density at radius 1 is 1.64 bits per heavy atom. The minimum Gasteiger partial charge on any atom is -0.504 e. The van der Waals surface area contributed by atoms with Crippen molar-refractivity contribution < 1.29 is 14.6 Å². The summed E-state index contributed by atoms with van der Waals surface area (Å²) in [6.07, 6.45) is 0. The third kappa shape index (κ3) is 1.97. The molecule has 1 aromatic rings. The van der Waals surface area contributed by atoms with E-state index in [0.717, 1.165) is 0 Å². The summed E-state index contributed by atoms with van der Waals surface area (Å²) in [6.45, 7) is -0.131. The summed E-state index contributed by atoms with van der Waals surface area (Å²) in [5.41, 5.74) is 5.44. The molecule has 0 aliphatic heterocycles. The molecule has 0 radical (unpaired) electrons. The number of hydrogen-bond acceptors (Lipinski definition) is 4. The molecule has 0 amide bonds. The number of phenols is 1. The third-order valence-electron chi connectivity index (χ3n) is 1.75. The van der Waals surface area contributed by atoms with Crippen molar-refractivity contribution >= 4 is 17.4 Å². The van der Waals surface area contributed by atoms with Gasteiger partial charge in [0, 0.05) is 11.6 Å². The highest BCUT2D eigenvalue weighted by atomic mass is 35.5. The van der Waals surface area contributed by atoms with Crippen molar-refractivity contribution in [3.8, 4) is 11.5 Å². The molecule has 1 aromatic carbocycles. The molecule has 76 valence electrons. The van der Waals surface area contributed by atoms with Crippen molar-refractivity contribution in [1.29, 1.82) is 0 Å². The number of benzene rings is 1. The number of ether oxygens (including phenoxy) is 1. The van der Waals surface area contributed by atoms with Gasteiger partial charge in [-0.25, -0.2) is 0 Å². The van der Waals surface area contributed by atoms with Crippen LogP contribution in [0.25, 0.3) is 0 Å². The molecule has 0 aliphatic rings. The van der Waals surface area contributed by atoms with Gasteiger partial charge in [0.25, 0.3) is 0 Å². The van der Waals surface area contributed by atoms with Crippen molar-refractivity contribution in [2.75, 3.05) is 13.7 Å². The Morgan fingerprint density at radius 3 is 2.79 bits per heavy atom.